The van der Waals surface area contributed by atoms with Gasteiger partial charge in [-0.05, 0) is 25.0 Å². The Bertz CT molecular complexity index is 992. The molecule has 1 saturated heterocycles. The molecule has 140 valence electrons. The summed E-state index contributed by atoms with van der Waals surface area (Å²) in [7, 11) is 0. The fourth-order valence-corrected chi connectivity index (χ4v) is 3.23. The van der Waals surface area contributed by atoms with Gasteiger partial charge in [-0.1, -0.05) is 0 Å². The molecule has 4 heterocycles. The van der Waals surface area contributed by atoms with Crippen LogP contribution in [0.2, 0.25) is 0 Å². The average molecular weight is 374 g/mol. The number of carbonyl (C=O) groups is 1. The first-order valence-corrected chi connectivity index (χ1v) is 8.46. The van der Waals surface area contributed by atoms with Crippen molar-refractivity contribution in [3.8, 4) is 11.4 Å². The Morgan fingerprint density at radius 2 is 2.11 bits per heavy atom. The van der Waals surface area contributed by atoms with Crippen LogP contribution in [0.5, 0.6) is 0 Å². The Morgan fingerprint density at radius 1 is 1.26 bits per heavy atom. The number of hydrogen-bond acceptors (Lipinski definition) is 6. The highest BCUT2D eigenvalue weighted by Crippen LogP contribution is 2.26. The molecule has 0 radical (unpaired) electrons. The van der Waals surface area contributed by atoms with Crippen LogP contribution in [-0.4, -0.2) is 48.7 Å². The number of aromatic nitrogens is 5. The Balaban J connectivity index is 1.69. The van der Waals surface area contributed by atoms with Crippen molar-refractivity contribution in [3.05, 3.63) is 36.4 Å². The molecule has 1 fully saturated rings. The summed E-state index contributed by atoms with van der Waals surface area (Å²) < 4.78 is 27.3. The zero-order chi connectivity index (χ0) is 19.0. The lowest BCUT2D eigenvalue weighted by molar-refractivity contribution is -0.141. The van der Waals surface area contributed by atoms with Gasteiger partial charge >= 0.3 is 5.97 Å². The number of anilines is 1. The summed E-state index contributed by atoms with van der Waals surface area (Å²) in [6.45, 7) is 1.06. The number of rotatable bonds is 4. The minimum Gasteiger partial charge on any atom is -0.481 e. The van der Waals surface area contributed by atoms with Gasteiger partial charge in [0.25, 0.3) is 6.43 Å². The molecule has 8 nitrogen and oxygen atoms in total. The second-order valence-electron chi connectivity index (χ2n) is 6.36. The van der Waals surface area contributed by atoms with Gasteiger partial charge in [-0.2, -0.15) is 5.10 Å². The van der Waals surface area contributed by atoms with Crippen LogP contribution in [0, 0.1) is 5.92 Å². The summed E-state index contributed by atoms with van der Waals surface area (Å²) >= 11 is 0. The number of alkyl halides is 2. The first-order chi connectivity index (χ1) is 13.0. The summed E-state index contributed by atoms with van der Waals surface area (Å²) in [5.74, 6) is -0.673. The predicted molar refractivity (Wildman–Crippen MR) is 91.5 cm³/mol. The fraction of sp³-hybridized carbons (Fsp3) is 0.353. The molecule has 4 rings (SSSR count). The van der Waals surface area contributed by atoms with E-state index < -0.39 is 18.3 Å². The van der Waals surface area contributed by atoms with E-state index >= 15 is 0 Å². The highest BCUT2D eigenvalue weighted by molar-refractivity contribution is 5.71. The molecule has 3 aromatic rings. The second-order valence-corrected chi connectivity index (χ2v) is 6.36. The lowest BCUT2D eigenvalue weighted by Crippen LogP contribution is -2.39. The maximum absolute atomic E-state index is 13.0. The van der Waals surface area contributed by atoms with Crippen LogP contribution in [-0.2, 0) is 4.79 Å². The van der Waals surface area contributed by atoms with Crippen molar-refractivity contribution >= 4 is 17.4 Å². The molecular weight excluding hydrogens is 358 g/mol. The number of carboxylic acids is 1. The summed E-state index contributed by atoms with van der Waals surface area (Å²) in [5.41, 5.74) is 1.02. The Kier molecular flexibility index (Phi) is 4.38. The predicted octanol–water partition coefficient (Wildman–Crippen LogP) is 2.42. The van der Waals surface area contributed by atoms with Gasteiger partial charge in [0.2, 0.25) is 0 Å². The first-order valence-electron chi connectivity index (χ1n) is 8.46. The van der Waals surface area contributed by atoms with E-state index in [9.17, 15) is 18.7 Å². The number of carboxylic acid groups (broad SMARTS) is 1. The molecular formula is C17H16F2N6O2. The van der Waals surface area contributed by atoms with E-state index in [0.717, 1.165) is 6.42 Å². The van der Waals surface area contributed by atoms with Crippen LogP contribution in [0.3, 0.4) is 0 Å². The second kappa shape index (κ2) is 6.86. The van der Waals surface area contributed by atoms with Gasteiger partial charge < -0.3 is 10.0 Å². The highest BCUT2D eigenvalue weighted by Gasteiger charge is 2.26. The smallest absolute Gasteiger partial charge is 0.308 e. The van der Waals surface area contributed by atoms with Gasteiger partial charge in [0.05, 0.1) is 17.8 Å². The maximum Gasteiger partial charge on any atom is 0.308 e. The van der Waals surface area contributed by atoms with Crippen LogP contribution in [0.4, 0.5) is 14.6 Å². The number of nitrogens with zero attached hydrogens (tertiary/aromatic N) is 6. The molecule has 1 N–H and O–H groups in total. The summed E-state index contributed by atoms with van der Waals surface area (Å²) in [6.07, 6.45) is 1.58. The summed E-state index contributed by atoms with van der Waals surface area (Å²) in [4.78, 5) is 25.8. The molecule has 27 heavy (non-hydrogen) atoms. The number of piperidine rings is 1. The maximum atomic E-state index is 13.0. The average Bonchev–Trinajstić information content (AvgIpc) is 3.11. The Hall–Kier alpha value is -3.17. The molecule has 1 aliphatic rings. The van der Waals surface area contributed by atoms with Crippen molar-refractivity contribution in [2.75, 3.05) is 18.0 Å². The van der Waals surface area contributed by atoms with Gasteiger partial charge in [-0.3, -0.25) is 4.79 Å². The van der Waals surface area contributed by atoms with Gasteiger partial charge in [-0.25, -0.2) is 28.2 Å². The molecule has 1 aliphatic heterocycles. The van der Waals surface area contributed by atoms with Crippen molar-refractivity contribution in [1.29, 1.82) is 0 Å². The van der Waals surface area contributed by atoms with Crippen LogP contribution < -0.4 is 4.90 Å². The molecule has 0 amide bonds. The van der Waals surface area contributed by atoms with Gasteiger partial charge in [0, 0.05) is 19.2 Å². The lowest BCUT2D eigenvalue weighted by Gasteiger charge is -2.31. The third kappa shape index (κ3) is 3.29. The van der Waals surface area contributed by atoms with Crippen molar-refractivity contribution in [2.24, 2.45) is 5.92 Å². The fourth-order valence-electron chi connectivity index (χ4n) is 3.23. The number of fused-ring (bicyclic) bond motifs is 1. The monoisotopic (exact) mass is 374 g/mol. The first kappa shape index (κ1) is 17.3. The minimum atomic E-state index is -2.69. The van der Waals surface area contributed by atoms with Crippen molar-refractivity contribution < 1.29 is 18.7 Å². The van der Waals surface area contributed by atoms with E-state index in [2.05, 4.69) is 20.1 Å². The number of aliphatic carboxylic acids is 1. The Labute approximate surface area is 152 Å². The molecule has 0 aliphatic carbocycles. The third-order valence-electron chi connectivity index (χ3n) is 4.62. The summed E-state index contributed by atoms with van der Waals surface area (Å²) in [5, 5.41) is 13.2. The zero-order valence-electron chi connectivity index (χ0n) is 14.2. The molecule has 0 spiro atoms. The van der Waals surface area contributed by atoms with E-state index in [1.165, 1.54) is 29.2 Å². The van der Waals surface area contributed by atoms with E-state index in [0.29, 0.717) is 42.4 Å². The number of hydrogen-bond donors (Lipinski definition) is 1. The molecule has 0 aromatic carbocycles. The molecule has 0 unspecified atom stereocenters. The normalized spacial score (nSPS) is 17.6. The van der Waals surface area contributed by atoms with E-state index in [1.54, 1.807) is 6.07 Å². The molecule has 0 saturated carbocycles. The molecule has 1 atom stereocenters. The van der Waals surface area contributed by atoms with Gasteiger partial charge in [0.15, 0.2) is 5.65 Å². The molecule has 10 heteroatoms. The van der Waals surface area contributed by atoms with E-state index in [-0.39, 0.29) is 5.69 Å². The third-order valence-corrected chi connectivity index (χ3v) is 4.62. The topological polar surface area (TPSA) is 96.5 Å². The van der Waals surface area contributed by atoms with Gasteiger partial charge in [-0.15, -0.1) is 0 Å². The Morgan fingerprint density at radius 3 is 2.89 bits per heavy atom. The van der Waals surface area contributed by atoms with E-state index in [1.807, 2.05) is 4.90 Å². The van der Waals surface area contributed by atoms with Crippen LogP contribution in [0.1, 0.15) is 25.0 Å². The molecule has 0 bridgehead atoms. The lowest BCUT2D eigenvalue weighted by atomic mass is 9.98. The summed E-state index contributed by atoms with van der Waals surface area (Å²) in [6, 6.07) is 4.41. The van der Waals surface area contributed by atoms with Crippen LogP contribution >= 0.6 is 0 Å². The van der Waals surface area contributed by atoms with Crippen molar-refractivity contribution in [2.45, 2.75) is 19.3 Å². The largest absolute Gasteiger partial charge is 0.481 e. The van der Waals surface area contributed by atoms with E-state index in [4.69, 9.17) is 0 Å². The standard InChI is InChI=1S/C17H16F2N6O2/c18-16(19)11-3-4-14-20-7-13(25(14)23-11)12-6-15(22-9-21-12)24-5-1-2-10(8-24)17(26)27/h3-4,6-7,9-10,16H,1-2,5,8H2,(H,26,27)/t10-/m0/s1. The quantitative estimate of drug-likeness (QED) is 0.749. The van der Waals surface area contributed by atoms with Crippen LogP contribution in [0.25, 0.3) is 17.0 Å². The van der Waals surface area contributed by atoms with Gasteiger partial charge in [0.1, 0.15) is 23.5 Å². The highest BCUT2D eigenvalue weighted by atomic mass is 19.3. The number of imidazole rings is 1. The number of halogens is 2. The minimum absolute atomic E-state index is 0.351. The SMILES string of the molecule is O=C(O)[C@H]1CCCN(c2cc(-c3cnc4ccc(C(F)F)nn34)ncn2)C1. The zero-order valence-corrected chi connectivity index (χ0v) is 14.2. The van der Waals surface area contributed by atoms with Crippen molar-refractivity contribution in [3.63, 3.8) is 0 Å². The van der Waals surface area contributed by atoms with Crippen LogP contribution in [0.15, 0.2) is 30.7 Å². The molecule has 3 aromatic heterocycles. The van der Waals surface area contributed by atoms with Crippen molar-refractivity contribution in [1.82, 2.24) is 24.6 Å².